The quantitative estimate of drug-likeness (QED) is 0.305. The van der Waals surface area contributed by atoms with Crippen LogP contribution in [0, 0.1) is 6.92 Å². The molecular weight excluding hydrogens is 295 g/mol. The highest BCUT2D eigenvalue weighted by Crippen LogP contribution is 2.24. The number of benzene rings is 2. The summed E-state index contributed by atoms with van der Waals surface area (Å²) in [5, 5.41) is 1.13. The minimum absolute atomic E-state index is 0.906. The van der Waals surface area contributed by atoms with Gasteiger partial charge in [0.1, 0.15) is 0 Å². The van der Waals surface area contributed by atoms with Gasteiger partial charge in [0.25, 0.3) is 0 Å². The maximum atomic E-state index is 9.75. The average molecular weight is 308 g/mol. The molecule has 0 bridgehead atoms. The van der Waals surface area contributed by atoms with E-state index in [9.17, 15) is 17.3 Å². The van der Waals surface area contributed by atoms with E-state index >= 15 is 0 Å². The van der Waals surface area contributed by atoms with Crippen molar-refractivity contribution < 1.29 is 21.7 Å². The molecule has 0 saturated carbocycles. The SMILES string of the molecule is Cc1ccc(-c2ccc3ccccc3[o+]2)cc1.F[B-](F)(F)F. The Morgan fingerprint density at radius 2 is 1.36 bits per heavy atom. The molecular formula is C16H13BF4O. The van der Waals surface area contributed by atoms with E-state index in [0.717, 1.165) is 22.3 Å². The van der Waals surface area contributed by atoms with Crippen LogP contribution in [-0.2, 0) is 0 Å². The van der Waals surface area contributed by atoms with Gasteiger partial charge in [-0.25, -0.2) is 4.42 Å². The number of aryl methyl sites for hydroxylation is 1. The number of rotatable bonds is 1. The van der Waals surface area contributed by atoms with Gasteiger partial charge >= 0.3 is 18.6 Å². The molecule has 1 heterocycles. The molecule has 0 aliphatic rings. The van der Waals surface area contributed by atoms with Crippen molar-refractivity contribution in [3.63, 3.8) is 0 Å². The normalized spacial score (nSPS) is 11.0. The molecule has 0 amide bonds. The fourth-order valence-electron chi connectivity index (χ4n) is 1.90. The molecule has 0 saturated heterocycles. The molecule has 0 fully saturated rings. The lowest BCUT2D eigenvalue weighted by Crippen LogP contribution is -2.02. The van der Waals surface area contributed by atoms with Gasteiger partial charge in [0.05, 0.1) is 10.9 Å². The van der Waals surface area contributed by atoms with Crippen molar-refractivity contribution in [2.75, 3.05) is 0 Å². The number of fused-ring (bicyclic) bond motifs is 1. The van der Waals surface area contributed by atoms with E-state index in [1.54, 1.807) is 0 Å². The summed E-state index contributed by atoms with van der Waals surface area (Å²) in [5.74, 6) is 0.906. The van der Waals surface area contributed by atoms with Crippen LogP contribution in [0.15, 0.2) is 65.1 Å². The van der Waals surface area contributed by atoms with Gasteiger partial charge in [-0.1, -0.05) is 29.8 Å². The number of hydrogen-bond donors (Lipinski definition) is 0. The molecule has 0 unspecified atom stereocenters. The Morgan fingerprint density at radius 1 is 0.773 bits per heavy atom. The van der Waals surface area contributed by atoms with E-state index < -0.39 is 7.25 Å². The van der Waals surface area contributed by atoms with Gasteiger partial charge < -0.3 is 17.3 Å². The van der Waals surface area contributed by atoms with Crippen molar-refractivity contribution in [1.82, 2.24) is 0 Å². The van der Waals surface area contributed by atoms with Gasteiger partial charge in [-0.3, -0.25) is 0 Å². The Morgan fingerprint density at radius 3 is 2.00 bits per heavy atom. The highest BCUT2D eigenvalue weighted by atomic mass is 19.5. The lowest BCUT2D eigenvalue weighted by molar-refractivity contribution is 0.368. The van der Waals surface area contributed by atoms with Gasteiger partial charge in [-0.2, -0.15) is 0 Å². The van der Waals surface area contributed by atoms with Crippen LogP contribution in [0.1, 0.15) is 5.56 Å². The summed E-state index contributed by atoms with van der Waals surface area (Å²) in [7, 11) is -6.00. The Balaban J connectivity index is 0.000000309. The van der Waals surface area contributed by atoms with Crippen molar-refractivity contribution in [2.45, 2.75) is 6.92 Å². The third kappa shape index (κ3) is 4.88. The minimum Gasteiger partial charge on any atom is -0.418 e. The number of halogens is 4. The van der Waals surface area contributed by atoms with Gasteiger partial charge in [-0.15, -0.1) is 0 Å². The van der Waals surface area contributed by atoms with Gasteiger partial charge in [-0.05, 0) is 31.2 Å². The molecule has 114 valence electrons. The second-order valence-corrected chi connectivity index (χ2v) is 4.70. The summed E-state index contributed by atoms with van der Waals surface area (Å²) in [5.41, 5.74) is 3.29. The Labute approximate surface area is 125 Å². The highest BCUT2D eigenvalue weighted by Gasteiger charge is 2.20. The largest absolute Gasteiger partial charge is 0.673 e. The first kappa shape index (κ1) is 16.0. The van der Waals surface area contributed by atoms with E-state index in [-0.39, 0.29) is 0 Å². The third-order valence-electron chi connectivity index (χ3n) is 2.89. The van der Waals surface area contributed by atoms with Crippen LogP contribution in [0.5, 0.6) is 0 Å². The first-order chi connectivity index (χ1) is 10.3. The maximum absolute atomic E-state index is 9.75. The third-order valence-corrected chi connectivity index (χ3v) is 2.89. The molecule has 0 radical (unpaired) electrons. The molecule has 0 N–H and O–H groups in total. The molecule has 0 atom stereocenters. The van der Waals surface area contributed by atoms with Crippen molar-refractivity contribution in [3.05, 3.63) is 66.2 Å². The molecule has 1 aromatic heterocycles. The maximum Gasteiger partial charge on any atom is 0.673 e. The Kier molecular flexibility index (Phi) is 4.80. The Hall–Kier alpha value is -2.37. The lowest BCUT2D eigenvalue weighted by atomic mass is 10.1. The summed E-state index contributed by atoms with van der Waals surface area (Å²) in [4.78, 5) is 0. The average Bonchev–Trinajstić information content (AvgIpc) is 2.46. The second-order valence-electron chi connectivity index (χ2n) is 4.70. The zero-order valence-electron chi connectivity index (χ0n) is 11.8. The van der Waals surface area contributed by atoms with Gasteiger partial charge in [0.2, 0.25) is 0 Å². The molecule has 1 nitrogen and oxygen atoms in total. The predicted octanol–water partition coefficient (Wildman–Crippen LogP) is 5.99. The monoisotopic (exact) mass is 308 g/mol. The molecule has 0 aliphatic carbocycles. The molecule has 0 aliphatic heterocycles. The summed E-state index contributed by atoms with van der Waals surface area (Å²) >= 11 is 0. The molecule has 3 rings (SSSR count). The van der Waals surface area contributed by atoms with E-state index in [1.165, 1.54) is 5.56 Å². The van der Waals surface area contributed by atoms with Crippen LogP contribution in [0.3, 0.4) is 0 Å². The molecule has 6 heteroatoms. The van der Waals surface area contributed by atoms with E-state index in [2.05, 4.69) is 43.3 Å². The van der Waals surface area contributed by atoms with Gasteiger partial charge in [0, 0.05) is 12.1 Å². The topological polar surface area (TPSA) is 11.3 Å². The zero-order valence-corrected chi connectivity index (χ0v) is 11.8. The Bertz CT molecular complexity index is 748. The standard InChI is InChI=1S/C16H13O.BF4/c1-12-6-8-14(9-7-12)16-11-10-13-4-2-3-5-15(13)17-16;2-1(3,4)5/h2-11H,1H3;/q+1;-1. The smallest absolute Gasteiger partial charge is 0.418 e. The van der Waals surface area contributed by atoms with Crippen molar-refractivity contribution in [2.24, 2.45) is 0 Å². The zero-order chi connectivity index (χ0) is 16.2. The number of hydrogen-bond acceptors (Lipinski definition) is 0. The van der Waals surface area contributed by atoms with Crippen molar-refractivity contribution >= 4 is 18.2 Å². The fourth-order valence-corrected chi connectivity index (χ4v) is 1.90. The minimum atomic E-state index is -6.00. The van der Waals surface area contributed by atoms with Crippen LogP contribution >= 0.6 is 0 Å². The highest BCUT2D eigenvalue weighted by molar-refractivity contribution is 6.50. The van der Waals surface area contributed by atoms with Gasteiger partial charge in [0.15, 0.2) is 0 Å². The van der Waals surface area contributed by atoms with E-state index in [4.69, 9.17) is 4.42 Å². The summed E-state index contributed by atoms with van der Waals surface area (Å²) in [6, 6.07) is 20.5. The summed E-state index contributed by atoms with van der Waals surface area (Å²) < 4.78 is 44.9. The predicted molar refractivity (Wildman–Crippen MR) is 81.0 cm³/mol. The number of para-hydroxylation sites is 1. The lowest BCUT2D eigenvalue weighted by Gasteiger charge is -1.94. The fraction of sp³-hybridized carbons (Fsp3) is 0.0625. The summed E-state index contributed by atoms with van der Waals surface area (Å²) in [6.45, 7) is 2.08. The molecule has 0 spiro atoms. The van der Waals surface area contributed by atoms with Crippen LogP contribution in [-0.4, -0.2) is 7.25 Å². The van der Waals surface area contributed by atoms with Crippen LogP contribution in [0.25, 0.3) is 22.3 Å². The van der Waals surface area contributed by atoms with Crippen molar-refractivity contribution in [3.8, 4) is 11.3 Å². The molecule has 2 aromatic carbocycles. The van der Waals surface area contributed by atoms with Crippen LogP contribution < -0.4 is 0 Å². The first-order valence-electron chi connectivity index (χ1n) is 6.59. The van der Waals surface area contributed by atoms with Crippen molar-refractivity contribution in [1.29, 1.82) is 0 Å². The molecule has 22 heavy (non-hydrogen) atoms. The van der Waals surface area contributed by atoms with E-state index in [1.807, 2.05) is 24.3 Å². The van der Waals surface area contributed by atoms with E-state index in [0.29, 0.717) is 0 Å². The second kappa shape index (κ2) is 6.60. The van der Waals surface area contributed by atoms with Crippen LogP contribution in [0.4, 0.5) is 17.3 Å². The summed E-state index contributed by atoms with van der Waals surface area (Å²) in [6.07, 6.45) is 0. The van der Waals surface area contributed by atoms with Crippen LogP contribution in [0.2, 0.25) is 0 Å². The molecule has 3 aromatic rings. The first-order valence-corrected chi connectivity index (χ1v) is 6.59.